The van der Waals surface area contributed by atoms with Crippen molar-refractivity contribution in [2.75, 3.05) is 11.2 Å². The predicted octanol–water partition coefficient (Wildman–Crippen LogP) is 3.83. The van der Waals surface area contributed by atoms with E-state index in [0.717, 1.165) is 11.8 Å². The number of anilines is 1. The molecule has 0 aliphatic rings. The Labute approximate surface area is 141 Å². The average molecular weight is 346 g/mol. The Morgan fingerprint density at radius 3 is 2.50 bits per heavy atom. The van der Waals surface area contributed by atoms with Crippen molar-refractivity contribution in [2.45, 2.75) is 5.75 Å². The highest BCUT2D eigenvalue weighted by Crippen LogP contribution is 2.28. The van der Waals surface area contributed by atoms with Gasteiger partial charge in [-0.2, -0.15) is 16.9 Å². The van der Waals surface area contributed by atoms with E-state index in [0.29, 0.717) is 5.75 Å². The van der Waals surface area contributed by atoms with Crippen LogP contribution in [0.1, 0.15) is 5.56 Å². The van der Waals surface area contributed by atoms with Crippen molar-refractivity contribution in [3.05, 3.63) is 74.3 Å². The molecule has 2 aromatic rings. The molecule has 124 valence electrons. The molecule has 0 spiro atoms. The third kappa shape index (κ3) is 5.06. The second kappa shape index (κ2) is 8.63. The monoisotopic (exact) mass is 346 g/mol. The van der Waals surface area contributed by atoms with Crippen molar-refractivity contribution in [1.29, 1.82) is 0 Å². The Balaban J connectivity index is 1.89. The lowest BCUT2D eigenvalue weighted by Gasteiger charge is -2.02. The Hall–Kier alpha value is -2.94. The van der Waals surface area contributed by atoms with E-state index in [1.54, 1.807) is 18.0 Å². The molecule has 2 aromatic carbocycles. The second-order valence-corrected chi connectivity index (χ2v) is 5.67. The van der Waals surface area contributed by atoms with Crippen molar-refractivity contribution < 1.29 is 9.85 Å². The zero-order valence-electron chi connectivity index (χ0n) is 12.5. The number of benzene rings is 2. The first-order valence-electron chi connectivity index (χ1n) is 6.90. The molecule has 0 fully saturated rings. The highest BCUT2D eigenvalue weighted by Gasteiger charge is 2.18. The summed E-state index contributed by atoms with van der Waals surface area (Å²) in [5.74, 6) is 1.47. The summed E-state index contributed by atoms with van der Waals surface area (Å²) in [5.41, 5.74) is 3.13. The van der Waals surface area contributed by atoms with Crippen LogP contribution in [0.4, 0.5) is 17.1 Å². The van der Waals surface area contributed by atoms with Crippen LogP contribution in [0.3, 0.4) is 0 Å². The summed E-state index contributed by atoms with van der Waals surface area (Å²) in [6.45, 7) is 0. The van der Waals surface area contributed by atoms with Crippen LogP contribution < -0.4 is 5.43 Å². The molecule has 0 aliphatic heterocycles. The largest absolute Gasteiger partial charge is 0.301 e. The molecule has 8 nitrogen and oxygen atoms in total. The first-order valence-corrected chi connectivity index (χ1v) is 8.05. The van der Waals surface area contributed by atoms with Gasteiger partial charge in [0, 0.05) is 23.8 Å². The third-order valence-corrected chi connectivity index (χ3v) is 3.89. The number of nitro groups is 2. The molecule has 0 saturated carbocycles. The molecule has 0 aliphatic carbocycles. The van der Waals surface area contributed by atoms with E-state index in [1.165, 1.54) is 17.7 Å². The van der Waals surface area contributed by atoms with Gasteiger partial charge in [0.15, 0.2) is 0 Å². The molecule has 0 aromatic heterocycles. The van der Waals surface area contributed by atoms with Gasteiger partial charge in [0.05, 0.1) is 15.9 Å². The number of rotatable bonds is 8. The molecular formula is C15H14N4O4S. The maximum atomic E-state index is 11.0. The van der Waals surface area contributed by atoms with Crippen LogP contribution >= 0.6 is 11.8 Å². The Morgan fingerprint density at radius 2 is 1.83 bits per heavy atom. The van der Waals surface area contributed by atoms with Crippen LogP contribution in [0, 0.1) is 20.2 Å². The molecule has 0 unspecified atom stereocenters. The molecule has 0 heterocycles. The molecule has 0 amide bonds. The summed E-state index contributed by atoms with van der Waals surface area (Å²) in [4.78, 5) is 20.3. The van der Waals surface area contributed by atoms with Gasteiger partial charge in [0.25, 0.3) is 5.69 Å². The Bertz CT molecular complexity index is 752. The number of nitrogens with zero attached hydrogens (tertiary/aromatic N) is 3. The van der Waals surface area contributed by atoms with E-state index in [9.17, 15) is 20.2 Å². The molecule has 1 N–H and O–H groups in total. The van der Waals surface area contributed by atoms with Crippen LogP contribution in [-0.4, -0.2) is 21.8 Å². The van der Waals surface area contributed by atoms with Crippen molar-refractivity contribution in [3.8, 4) is 0 Å². The van der Waals surface area contributed by atoms with Gasteiger partial charge in [-0.15, -0.1) is 0 Å². The SMILES string of the molecule is O=[N+]([O-])c1ccc(N/N=C/CSCc2ccccc2)c([N+](=O)[O-])c1. The van der Waals surface area contributed by atoms with Crippen LogP contribution in [-0.2, 0) is 5.75 Å². The van der Waals surface area contributed by atoms with E-state index in [2.05, 4.69) is 10.5 Å². The predicted molar refractivity (Wildman–Crippen MR) is 94.5 cm³/mol. The van der Waals surface area contributed by atoms with Crippen LogP contribution in [0.15, 0.2) is 53.6 Å². The van der Waals surface area contributed by atoms with Gasteiger partial charge in [-0.25, -0.2) is 0 Å². The van der Waals surface area contributed by atoms with Gasteiger partial charge in [0.1, 0.15) is 5.69 Å². The van der Waals surface area contributed by atoms with Gasteiger partial charge >= 0.3 is 5.69 Å². The van der Waals surface area contributed by atoms with E-state index < -0.39 is 15.5 Å². The van der Waals surface area contributed by atoms with Crippen molar-refractivity contribution in [1.82, 2.24) is 0 Å². The van der Waals surface area contributed by atoms with Crippen LogP contribution in [0.25, 0.3) is 0 Å². The smallest absolute Gasteiger partial charge is 0.272 e. The number of hydrogen-bond acceptors (Lipinski definition) is 7. The molecule has 0 bridgehead atoms. The fourth-order valence-corrected chi connectivity index (χ4v) is 2.56. The third-order valence-electron chi connectivity index (χ3n) is 2.97. The first kappa shape index (κ1) is 17.4. The zero-order valence-corrected chi connectivity index (χ0v) is 13.3. The first-order chi connectivity index (χ1) is 11.6. The lowest BCUT2D eigenvalue weighted by atomic mass is 10.2. The molecule has 9 heteroatoms. The number of thioether (sulfide) groups is 1. The number of hydrazone groups is 1. The summed E-state index contributed by atoms with van der Waals surface area (Å²) in [5, 5.41) is 25.6. The molecule has 24 heavy (non-hydrogen) atoms. The van der Waals surface area contributed by atoms with E-state index >= 15 is 0 Å². The van der Waals surface area contributed by atoms with E-state index in [1.807, 2.05) is 30.3 Å². The van der Waals surface area contributed by atoms with Crippen LogP contribution in [0.5, 0.6) is 0 Å². The van der Waals surface area contributed by atoms with Crippen molar-refractivity contribution >= 4 is 35.0 Å². The fourth-order valence-electron chi connectivity index (χ4n) is 1.84. The van der Waals surface area contributed by atoms with Gasteiger partial charge < -0.3 is 0 Å². The lowest BCUT2D eigenvalue weighted by molar-refractivity contribution is -0.393. The fraction of sp³-hybridized carbons (Fsp3) is 0.133. The van der Waals surface area contributed by atoms with E-state index in [-0.39, 0.29) is 11.4 Å². The summed E-state index contributed by atoms with van der Waals surface area (Å²) in [7, 11) is 0. The summed E-state index contributed by atoms with van der Waals surface area (Å²) in [6.07, 6.45) is 1.60. The maximum Gasteiger partial charge on any atom is 0.301 e. The molecule has 0 radical (unpaired) electrons. The maximum absolute atomic E-state index is 11.0. The summed E-state index contributed by atoms with van der Waals surface area (Å²) >= 11 is 1.65. The van der Waals surface area contributed by atoms with Crippen LogP contribution in [0.2, 0.25) is 0 Å². The minimum Gasteiger partial charge on any atom is -0.272 e. The zero-order chi connectivity index (χ0) is 17.4. The summed E-state index contributed by atoms with van der Waals surface area (Å²) < 4.78 is 0. The standard InChI is InChI=1S/C15H14N4O4S/c20-18(21)13-6-7-14(15(10-13)19(22)23)17-16-8-9-24-11-12-4-2-1-3-5-12/h1-8,10,17H,9,11H2/b16-8+. The number of non-ortho nitro benzene ring substituents is 1. The quantitative estimate of drug-likeness (QED) is 0.336. The topological polar surface area (TPSA) is 111 Å². The van der Waals surface area contributed by atoms with Gasteiger partial charge in [0.2, 0.25) is 0 Å². The number of nitro benzene ring substituents is 2. The summed E-state index contributed by atoms with van der Waals surface area (Å²) in [6, 6.07) is 13.3. The highest BCUT2D eigenvalue weighted by atomic mass is 32.2. The molecule has 2 rings (SSSR count). The van der Waals surface area contributed by atoms with Gasteiger partial charge in [-0.05, 0) is 11.6 Å². The second-order valence-electron chi connectivity index (χ2n) is 4.64. The highest BCUT2D eigenvalue weighted by molar-refractivity contribution is 7.99. The number of hydrogen-bond donors (Lipinski definition) is 1. The van der Waals surface area contributed by atoms with E-state index in [4.69, 9.17) is 0 Å². The normalized spacial score (nSPS) is 10.7. The molecule has 0 saturated heterocycles. The Kier molecular flexibility index (Phi) is 6.26. The van der Waals surface area contributed by atoms with Gasteiger partial charge in [-0.3, -0.25) is 25.7 Å². The Morgan fingerprint density at radius 1 is 1.08 bits per heavy atom. The number of nitrogens with one attached hydrogen (secondary N) is 1. The average Bonchev–Trinajstić information content (AvgIpc) is 2.58. The molecule has 0 atom stereocenters. The van der Waals surface area contributed by atoms with Gasteiger partial charge in [-0.1, -0.05) is 30.3 Å². The van der Waals surface area contributed by atoms with Crippen molar-refractivity contribution in [2.24, 2.45) is 5.10 Å². The van der Waals surface area contributed by atoms with Crippen molar-refractivity contribution in [3.63, 3.8) is 0 Å². The lowest BCUT2D eigenvalue weighted by Crippen LogP contribution is -1.99. The molecular weight excluding hydrogens is 332 g/mol. The minimum atomic E-state index is -0.686. The minimum absolute atomic E-state index is 0.106.